The minimum absolute atomic E-state index is 0.0248. The van der Waals surface area contributed by atoms with E-state index in [-0.39, 0.29) is 29.8 Å². The van der Waals surface area contributed by atoms with Crippen molar-refractivity contribution in [3.05, 3.63) is 105 Å². The van der Waals surface area contributed by atoms with E-state index in [1.165, 1.54) is 25.5 Å². The lowest BCUT2D eigenvalue weighted by Gasteiger charge is -2.14. The van der Waals surface area contributed by atoms with Crippen LogP contribution in [0.1, 0.15) is 33.4 Å². The van der Waals surface area contributed by atoms with Crippen molar-refractivity contribution in [1.29, 1.82) is 0 Å². The lowest BCUT2D eigenvalue weighted by atomic mass is 10.0. The van der Waals surface area contributed by atoms with Crippen LogP contribution in [-0.4, -0.2) is 32.4 Å². The lowest BCUT2D eigenvalue weighted by molar-refractivity contribution is -0.143. The topological polar surface area (TPSA) is 64.8 Å². The summed E-state index contributed by atoms with van der Waals surface area (Å²) in [4.78, 5) is 13.9. The van der Waals surface area contributed by atoms with Crippen molar-refractivity contribution in [3.63, 3.8) is 0 Å². The Kier molecular flexibility index (Phi) is 13.1. The molecule has 238 valence electrons. The molecular weight excluding hydrogens is 633 g/mol. The number of nitrogens with zero attached hydrogens (tertiary/aromatic N) is 3. The Morgan fingerprint density at radius 2 is 1.34 bits per heavy atom. The van der Waals surface area contributed by atoms with E-state index >= 15 is 0 Å². The van der Waals surface area contributed by atoms with Crippen molar-refractivity contribution in [1.82, 2.24) is 0 Å². The smallest absolute Gasteiger partial charge is 0.399 e. The largest absolute Gasteiger partial charge is 0.417 e. The van der Waals surface area contributed by atoms with Crippen LogP contribution in [0.5, 0.6) is 0 Å². The van der Waals surface area contributed by atoms with E-state index < -0.39 is 40.8 Å². The van der Waals surface area contributed by atoms with E-state index in [0.29, 0.717) is 17.7 Å². The summed E-state index contributed by atoms with van der Waals surface area (Å²) in [7, 11) is 2.45. The predicted octanol–water partition coefficient (Wildman–Crippen LogP) is 8.81. The van der Waals surface area contributed by atoms with Gasteiger partial charge in [-0.1, -0.05) is 63.5 Å². The van der Waals surface area contributed by atoms with Gasteiger partial charge in [-0.25, -0.2) is 0 Å². The minimum Gasteiger partial charge on any atom is -0.399 e. The summed E-state index contributed by atoms with van der Waals surface area (Å²) in [6, 6.07) is 13.6. The lowest BCUT2D eigenvalue weighted by Crippen LogP contribution is -2.14. The molecule has 3 aromatic rings. The van der Waals surface area contributed by atoms with E-state index in [0.717, 1.165) is 25.0 Å². The van der Waals surface area contributed by atoms with E-state index in [1.807, 2.05) is 0 Å². The Morgan fingerprint density at radius 3 is 1.86 bits per heavy atom. The van der Waals surface area contributed by atoms with Crippen LogP contribution in [0.2, 0.25) is 5.02 Å². The number of alkyl halides is 9. The van der Waals surface area contributed by atoms with Crippen LogP contribution in [0, 0.1) is 0 Å². The normalized spacial score (nSPS) is 12.7. The number of rotatable bonds is 9. The van der Waals surface area contributed by atoms with Gasteiger partial charge in [-0.15, -0.1) is 0 Å². The van der Waals surface area contributed by atoms with Gasteiger partial charge in [-0.2, -0.15) is 39.5 Å². The highest BCUT2D eigenvalue weighted by Gasteiger charge is 2.37. The predicted molar refractivity (Wildman–Crippen MR) is 145 cm³/mol. The zero-order valence-corrected chi connectivity index (χ0v) is 23.5. The fourth-order valence-electron chi connectivity index (χ4n) is 3.26. The molecule has 0 radical (unpaired) electrons. The average Bonchev–Trinajstić information content (AvgIpc) is 2.95. The number of hydrogen-bond donors (Lipinski definition) is 0. The number of oxime groups is 3. The Bertz CT molecular complexity index is 1410. The second-order valence-corrected chi connectivity index (χ2v) is 8.84. The summed E-state index contributed by atoms with van der Waals surface area (Å²) >= 11 is 5.46. The molecule has 3 aromatic carbocycles. The average molecular weight is 656 g/mol. The number of halogens is 10. The molecule has 3 rings (SSSR count). The van der Waals surface area contributed by atoms with Crippen LogP contribution in [0.25, 0.3) is 0 Å². The maximum Gasteiger partial charge on any atom is 0.417 e. The first kappa shape index (κ1) is 35.9. The van der Waals surface area contributed by atoms with Crippen LogP contribution < -0.4 is 0 Å². The third kappa shape index (κ3) is 11.8. The highest BCUT2D eigenvalue weighted by atomic mass is 35.5. The molecule has 0 saturated heterocycles. The van der Waals surface area contributed by atoms with E-state index in [1.54, 1.807) is 30.3 Å². The zero-order chi connectivity index (χ0) is 33.0. The van der Waals surface area contributed by atoms with Gasteiger partial charge in [-0.05, 0) is 41.5 Å². The Hall–Kier alpha value is -4.27. The quantitative estimate of drug-likeness (QED) is 0.132. The Balaban J connectivity index is 0.000000358. The van der Waals surface area contributed by atoms with Crippen molar-refractivity contribution in [2.45, 2.75) is 31.6 Å². The highest BCUT2D eigenvalue weighted by molar-refractivity contribution is 6.38. The molecule has 44 heavy (non-hydrogen) atoms. The van der Waals surface area contributed by atoms with Crippen molar-refractivity contribution in [3.8, 4) is 0 Å². The molecule has 6 nitrogen and oxygen atoms in total. The molecule has 0 fully saturated rings. The molecule has 0 aliphatic rings. The molecule has 0 aliphatic heterocycles. The van der Waals surface area contributed by atoms with Crippen LogP contribution in [0.15, 0.2) is 82.2 Å². The monoisotopic (exact) mass is 655 g/mol. The summed E-state index contributed by atoms with van der Waals surface area (Å²) in [5, 5.41) is 10.1. The highest BCUT2D eigenvalue weighted by Crippen LogP contribution is 2.37. The van der Waals surface area contributed by atoms with Crippen LogP contribution in [0.3, 0.4) is 0 Å². The summed E-state index contributed by atoms with van der Waals surface area (Å²) in [6.45, 7) is 0.0496. The van der Waals surface area contributed by atoms with Crippen LogP contribution in [-0.2, 0) is 46.1 Å². The third-order valence-corrected chi connectivity index (χ3v) is 5.57. The van der Waals surface area contributed by atoms with Gasteiger partial charge in [-0.3, -0.25) is 0 Å². The van der Waals surface area contributed by atoms with E-state index in [4.69, 9.17) is 16.4 Å². The summed E-state index contributed by atoms with van der Waals surface area (Å²) < 4.78 is 115. The molecule has 0 aliphatic carbocycles. The van der Waals surface area contributed by atoms with Gasteiger partial charge in [0.15, 0.2) is 0 Å². The molecule has 0 atom stereocenters. The second kappa shape index (κ2) is 16.0. The third-order valence-electron chi connectivity index (χ3n) is 5.24. The van der Waals surface area contributed by atoms with Gasteiger partial charge in [0.2, 0.25) is 0 Å². The van der Waals surface area contributed by atoms with Gasteiger partial charge in [0, 0.05) is 18.2 Å². The van der Waals surface area contributed by atoms with Crippen LogP contribution >= 0.6 is 11.6 Å². The van der Waals surface area contributed by atoms with Crippen molar-refractivity contribution in [2.75, 3.05) is 14.2 Å². The second-order valence-electron chi connectivity index (χ2n) is 8.43. The molecule has 0 saturated carbocycles. The fourth-order valence-corrected chi connectivity index (χ4v) is 3.48. The standard InChI is InChI=1S/C18H14F6N2O2.C10H9ClF3NO/c1-27-26-16(10-25-28-11-12-5-3-2-4-6-12)13-7-14(17(19,20)21)9-15(8-13)18(22,23)24;1-16-15-5-4-7-2-3-9(11)8(6-7)10(12,13)14/h2-10H,11H2,1H3;2-3,5-6H,4H2,1H3. The number of hydrogen-bond acceptors (Lipinski definition) is 6. The van der Waals surface area contributed by atoms with Crippen molar-refractivity contribution >= 4 is 29.7 Å². The van der Waals surface area contributed by atoms with Gasteiger partial charge in [0.05, 0.1) is 27.9 Å². The zero-order valence-electron chi connectivity index (χ0n) is 22.8. The molecule has 0 N–H and O–H groups in total. The summed E-state index contributed by atoms with van der Waals surface area (Å²) in [5.74, 6) is 0. The maximum absolute atomic E-state index is 13.0. The first-order valence-electron chi connectivity index (χ1n) is 12.1. The summed E-state index contributed by atoms with van der Waals surface area (Å²) in [6.07, 6.45) is -11.9. The summed E-state index contributed by atoms with van der Waals surface area (Å²) in [5.41, 5.74) is -3.39. The SMILES string of the molecule is CON=C(C=NOCc1ccccc1)c1cc(C(F)(F)F)cc(C(F)(F)F)c1.CON=CCc1ccc(Cl)c(C(F)(F)F)c1. The molecule has 16 heteroatoms. The van der Waals surface area contributed by atoms with Crippen molar-refractivity contribution in [2.24, 2.45) is 15.5 Å². The molecule has 0 unspecified atom stereocenters. The maximum atomic E-state index is 13.0. The molecule has 0 bridgehead atoms. The Morgan fingerprint density at radius 1 is 0.727 bits per heavy atom. The molecule has 0 amide bonds. The van der Waals surface area contributed by atoms with Gasteiger partial charge in [0.1, 0.15) is 26.5 Å². The molecule has 0 aromatic heterocycles. The van der Waals surface area contributed by atoms with Gasteiger partial charge in [0.25, 0.3) is 0 Å². The van der Waals surface area contributed by atoms with Crippen molar-refractivity contribution < 1.29 is 54.0 Å². The van der Waals surface area contributed by atoms with E-state index in [9.17, 15) is 39.5 Å². The molecular formula is C28H23ClF9N3O3. The molecule has 0 heterocycles. The van der Waals surface area contributed by atoms with Crippen LogP contribution in [0.4, 0.5) is 39.5 Å². The number of benzene rings is 3. The fraction of sp³-hybridized carbons (Fsp3) is 0.250. The minimum atomic E-state index is -4.98. The van der Waals surface area contributed by atoms with Gasteiger partial charge < -0.3 is 14.5 Å². The Labute approximate surface area is 250 Å². The molecule has 0 spiro atoms. The van der Waals surface area contributed by atoms with E-state index in [2.05, 4.69) is 25.1 Å². The first-order valence-corrected chi connectivity index (χ1v) is 12.4. The first-order chi connectivity index (χ1) is 20.6. The van der Waals surface area contributed by atoms with Gasteiger partial charge >= 0.3 is 18.5 Å².